The van der Waals surface area contributed by atoms with Crippen LogP contribution in [0.3, 0.4) is 0 Å². The molecule has 0 radical (unpaired) electrons. The lowest BCUT2D eigenvalue weighted by Gasteiger charge is -2.08. The van der Waals surface area contributed by atoms with Crippen LogP contribution in [0.5, 0.6) is 11.5 Å². The van der Waals surface area contributed by atoms with E-state index in [9.17, 15) is 13.2 Å². The highest BCUT2D eigenvalue weighted by Crippen LogP contribution is 2.30. The molecule has 5 nitrogen and oxygen atoms in total. The van der Waals surface area contributed by atoms with Gasteiger partial charge in [-0.3, -0.25) is 0 Å². The van der Waals surface area contributed by atoms with Gasteiger partial charge in [0.2, 0.25) is 0 Å². The summed E-state index contributed by atoms with van der Waals surface area (Å²) in [5.74, 6) is -0.401. The first-order chi connectivity index (χ1) is 9.77. The Balaban J connectivity index is 2.24. The third kappa shape index (κ3) is 3.74. The number of rotatable bonds is 4. The number of ether oxygens (including phenoxy) is 1. The minimum absolute atomic E-state index is 0.0553. The summed E-state index contributed by atoms with van der Waals surface area (Å²) in [4.78, 5) is 11.0. The molecule has 0 fully saturated rings. The van der Waals surface area contributed by atoms with Crippen LogP contribution in [0.25, 0.3) is 0 Å². The van der Waals surface area contributed by atoms with Gasteiger partial charge in [0.15, 0.2) is 9.84 Å². The number of sulfone groups is 1. The number of hydrogen-bond acceptors (Lipinski definition) is 4. The summed E-state index contributed by atoms with van der Waals surface area (Å²) in [7, 11) is -3.26. The van der Waals surface area contributed by atoms with Gasteiger partial charge in [-0.2, -0.15) is 0 Å². The Morgan fingerprint density at radius 2 is 1.76 bits per heavy atom. The van der Waals surface area contributed by atoms with Gasteiger partial charge >= 0.3 is 5.97 Å². The van der Waals surface area contributed by atoms with Crippen LogP contribution in [0.4, 0.5) is 0 Å². The van der Waals surface area contributed by atoms with Crippen LogP contribution >= 0.6 is 11.6 Å². The van der Waals surface area contributed by atoms with E-state index in [2.05, 4.69) is 0 Å². The van der Waals surface area contributed by atoms with Gasteiger partial charge in [0, 0.05) is 6.26 Å². The fourth-order valence-electron chi connectivity index (χ4n) is 1.60. The van der Waals surface area contributed by atoms with Crippen LogP contribution in [0.1, 0.15) is 10.4 Å². The first-order valence-corrected chi connectivity index (χ1v) is 8.05. The molecule has 0 spiro atoms. The monoisotopic (exact) mass is 326 g/mol. The summed E-state index contributed by atoms with van der Waals surface area (Å²) < 4.78 is 28.2. The number of benzene rings is 2. The average Bonchev–Trinajstić information content (AvgIpc) is 2.40. The summed E-state index contributed by atoms with van der Waals surface area (Å²) in [5, 5.41) is 9.00. The van der Waals surface area contributed by atoms with Crippen molar-refractivity contribution in [3.63, 3.8) is 0 Å². The van der Waals surface area contributed by atoms with Gasteiger partial charge in [0.05, 0.1) is 15.5 Å². The van der Waals surface area contributed by atoms with Crippen molar-refractivity contribution < 1.29 is 23.1 Å². The van der Waals surface area contributed by atoms with Gasteiger partial charge < -0.3 is 9.84 Å². The zero-order valence-electron chi connectivity index (χ0n) is 10.9. The van der Waals surface area contributed by atoms with E-state index in [1.165, 1.54) is 42.5 Å². The SMILES string of the molecule is CS(=O)(=O)c1ccc(Oc2ccc(C(=O)O)cc2Cl)cc1. The predicted octanol–water partition coefficient (Wildman–Crippen LogP) is 3.23. The maximum Gasteiger partial charge on any atom is 0.335 e. The fraction of sp³-hybridized carbons (Fsp3) is 0.0714. The molecule has 0 saturated heterocycles. The van der Waals surface area contributed by atoms with Gasteiger partial charge in [0.25, 0.3) is 0 Å². The molecular formula is C14H11ClO5S. The molecule has 0 unspecified atom stereocenters. The molecule has 2 rings (SSSR count). The van der Waals surface area contributed by atoms with E-state index < -0.39 is 15.8 Å². The Bertz CT molecular complexity index is 782. The van der Waals surface area contributed by atoms with Gasteiger partial charge in [-0.05, 0) is 42.5 Å². The van der Waals surface area contributed by atoms with Crippen molar-refractivity contribution in [2.45, 2.75) is 4.90 Å². The number of carbonyl (C=O) groups is 1. The topological polar surface area (TPSA) is 80.7 Å². The lowest BCUT2D eigenvalue weighted by atomic mass is 10.2. The van der Waals surface area contributed by atoms with Crippen molar-refractivity contribution in [1.82, 2.24) is 0 Å². The molecule has 0 aromatic heterocycles. The summed E-state index contributed by atoms with van der Waals surface area (Å²) in [6, 6.07) is 9.93. The highest BCUT2D eigenvalue weighted by Gasteiger charge is 2.10. The van der Waals surface area contributed by atoms with Crippen molar-refractivity contribution in [3.05, 3.63) is 53.1 Å². The number of carboxylic acid groups (broad SMARTS) is 1. The summed E-state index contributed by atoms with van der Waals surface area (Å²) in [6.45, 7) is 0. The van der Waals surface area contributed by atoms with E-state index in [0.29, 0.717) is 5.75 Å². The third-order valence-corrected chi connectivity index (χ3v) is 4.08. The first-order valence-electron chi connectivity index (χ1n) is 5.78. The standard InChI is InChI=1S/C14H11ClO5S/c1-21(18,19)11-5-3-10(4-6-11)20-13-7-2-9(14(16)17)8-12(13)15/h2-8H,1H3,(H,16,17). The predicted molar refractivity (Wildman–Crippen MR) is 78.0 cm³/mol. The molecule has 0 bridgehead atoms. The van der Waals surface area contributed by atoms with Crippen LogP contribution in [0, 0.1) is 0 Å². The van der Waals surface area contributed by atoms with Gasteiger partial charge in [-0.15, -0.1) is 0 Å². The highest BCUT2D eigenvalue weighted by molar-refractivity contribution is 7.90. The number of halogens is 1. The summed E-state index contributed by atoms with van der Waals surface area (Å²) >= 11 is 5.94. The molecule has 2 aromatic rings. The van der Waals surface area contributed by atoms with Crippen LogP contribution in [0.2, 0.25) is 5.02 Å². The fourth-order valence-corrected chi connectivity index (χ4v) is 2.45. The van der Waals surface area contributed by atoms with Crippen molar-refractivity contribution in [2.24, 2.45) is 0 Å². The minimum atomic E-state index is -3.26. The zero-order valence-corrected chi connectivity index (χ0v) is 12.5. The largest absolute Gasteiger partial charge is 0.478 e. The van der Waals surface area contributed by atoms with Gasteiger partial charge in [-0.25, -0.2) is 13.2 Å². The van der Waals surface area contributed by atoms with Crippen LogP contribution in [-0.4, -0.2) is 25.7 Å². The van der Waals surface area contributed by atoms with E-state index >= 15 is 0 Å². The summed E-state index contributed by atoms with van der Waals surface area (Å²) in [5.41, 5.74) is 0.0553. The van der Waals surface area contributed by atoms with Crippen LogP contribution < -0.4 is 4.74 Å². The lowest BCUT2D eigenvalue weighted by Crippen LogP contribution is -1.97. The molecule has 0 aliphatic carbocycles. The molecule has 7 heteroatoms. The molecule has 2 aromatic carbocycles. The zero-order chi connectivity index (χ0) is 15.6. The Morgan fingerprint density at radius 1 is 1.14 bits per heavy atom. The third-order valence-electron chi connectivity index (χ3n) is 2.66. The minimum Gasteiger partial charge on any atom is -0.478 e. The van der Waals surface area contributed by atoms with E-state index in [0.717, 1.165) is 6.26 Å². The van der Waals surface area contributed by atoms with E-state index in [4.69, 9.17) is 21.4 Å². The molecule has 110 valence electrons. The highest BCUT2D eigenvalue weighted by atomic mass is 35.5. The second kappa shape index (κ2) is 5.75. The Kier molecular flexibility index (Phi) is 4.20. The number of carboxylic acids is 1. The quantitative estimate of drug-likeness (QED) is 0.932. The normalized spacial score (nSPS) is 11.1. The van der Waals surface area contributed by atoms with E-state index in [-0.39, 0.29) is 21.2 Å². The first kappa shape index (κ1) is 15.3. The second-order valence-electron chi connectivity index (χ2n) is 4.30. The van der Waals surface area contributed by atoms with Crippen molar-refractivity contribution in [1.29, 1.82) is 0 Å². The molecule has 0 saturated carbocycles. The van der Waals surface area contributed by atoms with Gasteiger partial charge in [-0.1, -0.05) is 11.6 Å². The van der Waals surface area contributed by atoms with Crippen LogP contribution in [-0.2, 0) is 9.84 Å². The van der Waals surface area contributed by atoms with Crippen molar-refractivity contribution in [2.75, 3.05) is 6.26 Å². The number of aromatic carboxylic acids is 1. The van der Waals surface area contributed by atoms with E-state index in [1.54, 1.807) is 0 Å². The number of hydrogen-bond donors (Lipinski definition) is 1. The summed E-state index contributed by atoms with van der Waals surface area (Å²) in [6.07, 6.45) is 1.12. The van der Waals surface area contributed by atoms with E-state index in [1.807, 2.05) is 0 Å². The van der Waals surface area contributed by atoms with Crippen LogP contribution in [0.15, 0.2) is 47.4 Å². The molecule has 21 heavy (non-hydrogen) atoms. The second-order valence-corrected chi connectivity index (χ2v) is 6.72. The Hall–Kier alpha value is -2.05. The molecular weight excluding hydrogens is 316 g/mol. The molecule has 0 amide bonds. The molecule has 0 heterocycles. The van der Waals surface area contributed by atoms with Crippen molar-refractivity contribution >= 4 is 27.4 Å². The smallest absolute Gasteiger partial charge is 0.335 e. The maximum atomic E-state index is 11.3. The van der Waals surface area contributed by atoms with Crippen molar-refractivity contribution in [3.8, 4) is 11.5 Å². The lowest BCUT2D eigenvalue weighted by molar-refractivity contribution is 0.0697. The average molecular weight is 327 g/mol. The molecule has 1 N–H and O–H groups in total. The molecule has 0 atom stereocenters. The molecule has 0 aliphatic heterocycles. The Labute approximate surface area is 126 Å². The van der Waals surface area contributed by atoms with Gasteiger partial charge in [0.1, 0.15) is 11.5 Å². The Morgan fingerprint density at radius 3 is 2.24 bits per heavy atom. The maximum absolute atomic E-state index is 11.3. The molecule has 0 aliphatic rings.